The Balaban J connectivity index is 2.13. The zero-order valence-electron chi connectivity index (χ0n) is 9.04. The molecule has 15 heavy (non-hydrogen) atoms. The fraction of sp³-hybridized carbons (Fsp3) is 0.750. The van der Waals surface area contributed by atoms with Crippen LogP contribution in [0.4, 0.5) is 0 Å². The Kier molecular flexibility index (Phi) is 5.20. The van der Waals surface area contributed by atoms with Gasteiger partial charge in [0.2, 0.25) is 5.91 Å². The molecule has 0 saturated heterocycles. The average molecular weight is 209 g/mol. The van der Waals surface area contributed by atoms with E-state index in [1.54, 1.807) is 0 Å². The van der Waals surface area contributed by atoms with Gasteiger partial charge >= 0.3 is 0 Å². The number of hydrogen-bond donors (Lipinski definition) is 2. The van der Waals surface area contributed by atoms with Crippen LogP contribution in [0.2, 0.25) is 0 Å². The second-order valence-electron chi connectivity index (χ2n) is 4.19. The van der Waals surface area contributed by atoms with Gasteiger partial charge in [0.05, 0.1) is 6.10 Å². The lowest BCUT2D eigenvalue weighted by atomic mass is 9.87. The van der Waals surface area contributed by atoms with Crippen LogP contribution in [0.25, 0.3) is 0 Å². The van der Waals surface area contributed by atoms with Crippen LogP contribution in [0.15, 0.2) is 0 Å². The largest absolute Gasteiger partial charge is 0.393 e. The van der Waals surface area contributed by atoms with Crippen LogP contribution in [0, 0.1) is 18.3 Å². The highest BCUT2D eigenvalue weighted by molar-refractivity contribution is 5.76. The second-order valence-corrected chi connectivity index (χ2v) is 4.19. The molecule has 2 N–H and O–H groups in total. The van der Waals surface area contributed by atoms with Crippen LogP contribution in [-0.4, -0.2) is 23.7 Å². The topological polar surface area (TPSA) is 49.3 Å². The number of amides is 1. The van der Waals surface area contributed by atoms with Gasteiger partial charge in [-0.2, -0.15) is 0 Å². The molecular weight excluding hydrogens is 190 g/mol. The number of aliphatic hydroxyl groups excluding tert-OH is 1. The molecule has 0 bridgehead atoms. The standard InChI is InChI=1S/C12H19NO2/c1-2-3-7-12(15)13-9-10-5-4-6-11(14)8-10/h1,10-11,14H,3-9H2,(H,13,15). The Bertz CT molecular complexity index is 244. The summed E-state index contributed by atoms with van der Waals surface area (Å²) < 4.78 is 0. The molecule has 1 fully saturated rings. The maximum absolute atomic E-state index is 11.3. The minimum absolute atomic E-state index is 0.0213. The quantitative estimate of drug-likeness (QED) is 0.680. The van der Waals surface area contributed by atoms with E-state index < -0.39 is 0 Å². The van der Waals surface area contributed by atoms with Crippen molar-refractivity contribution in [2.24, 2.45) is 5.92 Å². The first-order valence-electron chi connectivity index (χ1n) is 5.60. The molecule has 0 radical (unpaired) electrons. The van der Waals surface area contributed by atoms with Gasteiger partial charge in [0.25, 0.3) is 0 Å². The summed E-state index contributed by atoms with van der Waals surface area (Å²) in [6.45, 7) is 0.681. The summed E-state index contributed by atoms with van der Waals surface area (Å²) in [6, 6.07) is 0. The molecule has 0 aromatic carbocycles. The van der Waals surface area contributed by atoms with E-state index in [0.29, 0.717) is 25.3 Å². The molecule has 0 aromatic rings. The molecule has 84 valence electrons. The number of carbonyl (C=O) groups is 1. The maximum atomic E-state index is 11.3. The van der Waals surface area contributed by atoms with Gasteiger partial charge in [0.1, 0.15) is 0 Å². The first-order valence-corrected chi connectivity index (χ1v) is 5.60. The summed E-state index contributed by atoms with van der Waals surface area (Å²) >= 11 is 0. The number of carbonyl (C=O) groups excluding carboxylic acids is 1. The van der Waals surface area contributed by atoms with Crippen molar-refractivity contribution in [2.45, 2.75) is 44.6 Å². The van der Waals surface area contributed by atoms with Gasteiger partial charge in [-0.25, -0.2) is 0 Å². The van der Waals surface area contributed by atoms with E-state index in [1.807, 2.05) is 0 Å². The molecule has 3 nitrogen and oxygen atoms in total. The molecule has 3 heteroatoms. The van der Waals surface area contributed by atoms with Gasteiger partial charge in [-0.1, -0.05) is 6.42 Å². The van der Waals surface area contributed by atoms with E-state index in [1.165, 1.54) is 0 Å². The van der Waals surface area contributed by atoms with Gasteiger partial charge in [0, 0.05) is 19.4 Å². The lowest BCUT2D eigenvalue weighted by Gasteiger charge is -2.25. The highest BCUT2D eigenvalue weighted by atomic mass is 16.3. The molecule has 1 aliphatic rings. The van der Waals surface area contributed by atoms with Gasteiger partial charge in [-0.05, 0) is 25.2 Å². The minimum Gasteiger partial charge on any atom is -0.393 e. The summed E-state index contributed by atoms with van der Waals surface area (Å²) in [6.07, 6.45) is 9.69. The Labute approximate surface area is 91.3 Å². The van der Waals surface area contributed by atoms with Gasteiger partial charge < -0.3 is 10.4 Å². The van der Waals surface area contributed by atoms with E-state index in [0.717, 1.165) is 25.7 Å². The number of nitrogens with one attached hydrogen (secondary N) is 1. The van der Waals surface area contributed by atoms with Crippen molar-refractivity contribution in [1.29, 1.82) is 0 Å². The molecule has 0 heterocycles. The van der Waals surface area contributed by atoms with Crippen molar-refractivity contribution < 1.29 is 9.90 Å². The predicted octanol–water partition coefficient (Wildman–Crippen LogP) is 1.07. The molecule has 0 spiro atoms. The van der Waals surface area contributed by atoms with Crippen LogP contribution in [0.3, 0.4) is 0 Å². The van der Waals surface area contributed by atoms with Gasteiger partial charge in [-0.3, -0.25) is 4.79 Å². The normalized spacial score (nSPS) is 25.6. The first-order chi connectivity index (χ1) is 7.22. The lowest BCUT2D eigenvalue weighted by molar-refractivity contribution is -0.121. The number of terminal acetylenes is 1. The fourth-order valence-corrected chi connectivity index (χ4v) is 1.98. The lowest BCUT2D eigenvalue weighted by Crippen LogP contribution is -2.32. The molecule has 1 saturated carbocycles. The molecule has 0 aromatic heterocycles. The molecule has 1 aliphatic carbocycles. The third-order valence-corrected chi connectivity index (χ3v) is 2.84. The number of aliphatic hydroxyl groups is 1. The Morgan fingerprint density at radius 2 is 2.33 bits per heavy atom. The van der Waals surface area contributed by atoms with E-state index in [4.69, 9.17) is 6.42 Å². The smallest absolute Gasteiger partial charge is 0.220 e. The summed E-state index contributed by atoms with van der Waals surface area (Å²) in [5.74, 6) is 2.90. The van der Waals surface area contributed by atoms with Crippen LogP contribution in [0.1, 0.15) is 38.5 Å². The highest BCUT2D eigenvalue weighted by Gasteiger charge is 2.20. The summed E-state index contributed by atoms with van der Waals surface area (Å²) in [5, 5.41) is 12.3. The van der Waals surface area contributed by atoms with Crippen LogP contribution >= 0.6 is 0 Å². The van der Waals surface area contributed by atoms with E-state index in [9.17, 15) is 9.90 Å². The maximum Gasteiger partial charge on any atom is 0.220 e. The van der Waals surface area contributed by atoms with Gasteiger partial charge in [-0.15, -0.1) is 12.3 Å². The van der Waals surface area contributed by atoms with E-state index in [-0.39, 0.29) is 12.0 Å². The van der Waals surface area contributed by atoms with Crippen LogP contribution < -0.4 is 5.32 Å². The highest BCUT2D eigenvalue weighted by Crippen LogP contribution is 2.23. The molecule has 1 amide bonds. The Morgan fingerprint density at radius 3 is 3.00 bits per heavy atom. The summed E-state index contributed by atoms with van der Waals surface area (Å²) in [7, 11) is 0. The molecular formula is C12H19NO2. The van der Waals surface area contributed by atoms with Crippen molar-refractivity contribution in [3.05, 3.63) is 0 Å². The van der Waals surface area contributed by atoms with Gasteiger partial charge in [0.15, 0.2) is 0 Å². The molecule has 0 aliphatic heterocycles. The zero-order chi connectivity index (χ0) is 11.1. The van der Waals surface area contributed by atoms with Crippen molar-refractivity contribution in [3.63, 3.8) is 0 Å². The molecule has 1 rings (SSSR count). The van der Waals surface area contributed by atoms with Crippen LogP contribution in [0.5, 0.6) is 0 Å². The van der Waals surface area contributed by atoms with Crippen molar-refractivity contribution >= 4 is 5.91 Å². The summed E-state index contributed by atoms with van der Waals surface area (Å²) in [4.78, 5) is 11.3. The van der Waals surface area contributed by atoms with Crippen molar-refractivity contribution in [3.8, 4) is 12.3 Å². The SMILES string of the molecule is C#CCCC(=O)NCC1CCCC(O)C1. The predicted molar refractivity (Wildman–Crippen MR) is 59.0 cm³/mol. The first kappa shape index (κ1) is 12.1. The zero-order valence-corrected chi connectivity index (χ0v) is 9.04. The fourth-order valence-electron chi connectivity index (χ4n) is 1.98. The third kappa shape index (κ3) is 4.85. The average Bonchev–Trinajstić information content (AvgIpc) is 2.23. The summed E-state index contributed by atoms with van der Waals surface area (Å²) in [5.41, 5.74) is 0. The molecule has 2 unspecified atom stereocenters. The van der Waals surface area contributed by atoms with E-state index in [2.05, 4.69) is 11.2 Å². The Morgan fingerprint density at radius 1 is 1.53 bits per heavy atom. The number of hydrogen-bond acceptors (Lipinski definition) is 2. The van der Waals surface area contributed by atoms with E-state index >= 15 is 0 Å². The number of rotatable bonds is 4. The van der Waals surface area contributed by atoms with Crippen LogP contribution in [-0.2, 0) is 4.79 Å². The monoisotopic (exact) mass is 209 g/mol. The van der Waals surface area contributed by atoms with Crippen molar-refractivity contribution in [1.82, 2.24) is 5.32 Å². The van der Waals surface area contributed by atoms with Crippen molar-refractivity contribution in [2.75, 3.05) is 6.54 Å². The second kappa shape index (κ2) is 6.47. The Hall–Kier alpha value is -1.01. The minimum atomic E-state index is -0.175. The third-order valence-electron chi connectivity index (χ3n) is 2.84. The molecule has 2 atom stereocenters.